The van der Waals surface area contributed by atoms with Gasteiger partial charge in [0.1, 0.15) is 0 Å². The van der Waals surface area contributed by atoms with E-state index in [1.807, 2.05) is 43.3 Å². The Morgan fingerprint density at radius 1 is 1.25 bits per heavy atom. The largest absolute Gasteiger partial charge is 0.308 e. The molecule has 2 heterocycles. The molecule has 0 aliphatic heterocycles. The van der Waals surface area contributed by atoms with Gasteiger partial charge in [0.05, 0.1) is 23.4 Å². The molecule has 3 aromatic rings. The number of aromatic nitrogens is 3. The number of nitrogens with one attached hydrogen (secondary N) is 1. The van der Waals surface area contributed by atoms with E-state index in [9.17, 15) is 0 Å². The van der Waals surface area contributed by atoms with Crippen molar-refractivity contribution in [2.45, 2.75) is 13.0 Å². The van der Waals surface area contributed by atoms with Crippen molar-refractivity contribution in [3.05, 3.63) is 59.5 Å². The summed E-state index contributed by atoms with van der Waals surface area (Å²) in [6.45, 7) is 2.13. The first kappa shape index (κ1) is 12.8. The first-order valence-corrected chi connectivity index (χ1v) is 6.71. The van der Waals surface area contributed by atoms with E-state index >= 15 is 0 Å². The number of hydrogen-bond acceptors (Lipinski definition) is 3. The van der Waals surface area contributed by atoms with Crippen LogP contribution < -0.4 is 5.32 Å². The van der Waals surface area contributed by atoms with Crippen molar-refractivity contribution in [3.63, 3.8) is 0 Å². The second kappa shape index (κ2) is 5.06. The van der Waals surface area contributed by atoms with Gasteiger partial charge < -0.3 is 5.32 Å². The molecular formula is C16H18N4. The minimum atomic E-state index is 0.0620. The van der Waals surface area contributed by atoms with Crippen LogP contribution in [-0.2, 0) is 7.05 Å². The van der Waals surface area contributed by atoms with E-state index in [-0.39, 0.29) is 6.04 Å². The molecule has 0 saturated heterocycles. The fraction of sp³-hybridized carbons (Fsp3) is 0.250. The summed E-state index contributed by atoms with van der Waals surface area (Å²) < 4.78 is 1.81. The lowest BCUT2D eigenvalue weighted by Crippen LogP contribution is -2.18. The molecule has 1 aromatic carbocycles. The molecule has 0 aliphatic carbocycles. The Balaban J connectivity index is 2.12. The Morgan fingerprint density at radius 2 is 2.05 bits per heavy atom. The van der Waals surface area contributed by atoms with E-state index in [1.165, 1.54) is 10.9 Å². The molecule has 1 unspecified atom stereocenters. The van der Waals surface area contributed by atoms with Crippen molar-refractivity contribution in [2.24, 2.45) is 7.05 Å². The molecule has 1 atom stereocenters. The van der Waals surface area contributed by atoms with Gasteiger partial charge >= 0.3 is 0 Å². The number of fused-ring (bicyclic) bond motifs is 1. The van der Waals surface area contributed by atoms with Gasteiger partial charge in [-0.05, 0) is 31.7 Å². The highest BCUT2D eigenvalue weighted by atomic mass is 15.2. The van der Waals surface area contributed by atoms with E-state index in [1.54, 1.807) is 0 Å². The number of para-hydroxylation sites is 1. The third kappa shape index (κ3) is 2.18. The summed E-state index contributed by atoms with van der Waals surface area (Å²) in [4.78, 5) is 4.79. The molecule has 4 nitrogen and oxygen atoms in total. The van der Waals surface area contributed by atoms with Gasteiger partial charge in [-0.25, -0.2) is 0 Å². The third-order valence-electron chi connectivity index (χ3n) is 3.59. The van der Waals surface area contributed by atoms with Gasteiger partial charge in [0.15, 0.2) is 0 Å². The quantitative estimate of drug-likeness (QED) is 0.792. The maximum atomic E-state index is 4.79. The van der Waals surface area contributed by atoms with Crippen LogP contribution in [0.3, 0.4) is 0 Å². The molecular weight excluding hydrogens is 248 g/mol. The molecule has 20 heavy (non-hydrogen) atoms. The summed E-state index contributed by atoms with van der Waals surface area (Å²) in [7, 11) is 3.87. The summed E-state index contributed by atoms with van der Waals surface area (Å²) >= 11 is 0. The first-order valence-electron chi connectivity index (χ1n) is 6.71. The topological polar surface area (TPSA) is 42.7 Å². The Hall–Kier alpha value is -2.20. The maximum absolute atomic E-state index is 4.79. The number of hydrogen-bond donors (Lipinski definition) is 1. The van der Waals surface area contributed by atoms with Gasteiger partial charge in [0.25, 0.3) is 0 Å². The zero-order valence-corrected chi connectivity index (χ0v) is 12.0. The van der Waals surface area contributed by atoms with E-state index < -0.39 is 0 Å². The van der Waals surface area contributed by atoms with Crippen molar-refractivity contribution < 1.29 is 0 Å². The fourth-order valence-electron chi connectivity index (χ4n) is 2.60. The molecule has 2 aromatic heterocycles. The standard InChI is InChI=1S/C16H18N4/c1-11-8-15(19-14-7-5-4-6-13(11)14)16(17-2)12-9-18-20(3)10-12/h4-10,16-17H,1-3H3. The van der Waals surface area contributed by atoms with Crippen LogP contribution in [-0.4, -0.2) is 21.8 Å². The lowest BCUT2D eigenvalue weighted by atomic mass is 10.0. The fourth-order valence-corrected chi connectivity index (χ4v) is 2.60. The highest BCUT2D eigenvalue weighted by molar-refractivity contribution is 5.82. The molecule has 3 rings (SSSR count). The second-order valence-electron chi connectivity index (χ2n) is 5.05. The Morgan fingerprint density at radius 3 is 2.75 bits per heavy atom. The highest BCUT2D eigenvalue weighted by Gasteiger charge is 2.16. The summed E-state index contributed by atoms with van der Waals surface area (Å²) in [5.74, 6) is 0. The average molecular weight is 266 g/mol. The Labute approximate surface area is 118 Å². The summed E-state index contributed by atoms with van der Waals surface area (Å²) in [5, 5.41) is 8.77. The van der Waals surface area contributed by atoms with Gasteiger partial charge in [-0.1, -0.05) is 18.2 Å². The Kier molecular flexibility index (Phi) is 3.24. The van der Waals surface area contributed by atoms with Gasteiger partial charge in [0, 0.05) is 24.2 Å². The van der Waals surface area contributed by atoms with Crippen LogP contribution in [0.5, 0.6) is 0 Å². The van der Waals surface area contributed by atoms with Crippen molar-refractivity contribution in [2.75, 3.05) is 7.05 Å². The minimum absolute atomic E-state index is 0.0620. The van der Waals surface area contributed by atoms with Crippen LogP contribution in [0, 0.1) is 6.92 Å². The molecule has 1 N–H and O–H groups in total. The summed E-state index contributed by atoms with van der Waals surface area (Å²) in [5.41, 5.74) is 4.43. The molecule has 4 heteroatoms. The van der Waals surface area contributed by atoms with Crippen molar-refractivity contribution in [1.82, 2.24) is 20.1 Å². The van der Waals surface area contributed by atoms with Crippen LogP contribution in [0.15, 0.2) is 42.7 Å². The van der Waals surface area contributed by atoms with Gasteiger partial charge in [0.2, 0.25) is 0 Å². The zero-order valence-electron chi connectivity index (χ0n) is 12.0. The van der Waals surface area contributed by atoms with Crippen LogP contribution in [0.2, 0.25) is 0 Å². The SMILES string of the molecule is CNC(c1cnn(C)c1)c1cc(C)c2ccccc2n1. The number of rotatable bonds is 3. The van der Waals surface area contributed by atoms with Crippen LogP contribution in [0.4, 0.5) is 0 Å². The van der Waals surface area contributed by atoms with Crippen molar-refractivity contribution >= 4 is 10.9 Å². The van der Waals surface area contributed by atoms with Crippen LogP contribution in [0.25, 0.3) is 10.9 Å². The number of aryl methyl sites for hydroxylation is 2. The molecule has 0 spiro atoms. The van der Waals surface area contributed by atoms with Gasteiger partial charge in [-0.3, -0.25) is 9.67 Å². The Bertz CT molecular complexity index is 745. The van der Waals surface area contributed by atoms with Crippen LogP contribution in [0.1, 0.15) is 22.9 Å². The zero-order chi connectivity index (χ0) is 14.1. The number of pyridine rings is 1. The first-order chi connectivity index (χ1) is 9.69. The molecule has 0 aliphatic rings. The lowest BCUT2D eigenvalue weighted by Gasteiger charge is -2.15. The highest BCUT2D eigenvalue weighted by Crippen LogP contribution is 2.24. The van der Waals surface area contributed by atoms with E-state index in [4.69, 9.17) is 4.98 Å². The molecule has 0 fully saturated rings. The molecule has 0 amide bonds. The smallest absolute Gasteiger partial charge is 0.0780 e. The van der Waals surface area contributed by atoms with Crippen molar-refractivity contribution in [3.8, 4) is 0 Å². The monoisotopic (exact) mass is 266 g/mol. The number of benzene rings is 1. The average Bonchev–Trinajstić information content (AvgIpc) is 2.86. The molecule has 0 radical (unpaired) electrons. The predicted octanol–water partition coefficient (Wildman–Crippen LogP) is 2.59. The molecule has 0 saturated carbocycles. The summed E-state index contributed by atoms with van der Waals surface area (Å²) in [6, 6.07) is 10.5. The van der Waals surface area contributed by atoms with Crippen LogP contribution >= 0.6 is 0 Å². The normalized spacial score (nSPS) is 12.8. The van der Waals surface area contributed by atoms with Gasteiger partial charge in [-0.15, -0.1) is 0 Å². The van der Waals surface area contributed by atoms with E-state index in [0.29, 0.717) is 0 Å². The second-order valence-corrected chi connectivity index (χ2v) is 5.05. The minimum Gasteiger partial charge on any atom is -0.308 e. The molecule has 102 valence electrons. The predicted molar refractivity (Wildman–Crippen MR) is 80.6 cm³/mol. The van der Waals surface area contributed by atoms with Gasteiger partial charge in [-0.2, -0.15) is 5.10 Å². The number of nitrogens with zero attached hydrogens (tertiary/aromatic N) is 3. The third-order valence-corrected chi connectivity index (χ3v) is 3.59. The van der Waals surface area contributed by atoms with E-state index in [0.717, 1.165) is 16.8 Å². The summed E-state index contributed by atoms with van der Waals surface area (Å²) in [6.07, 6.45) is 3.90. The maximum Gasteiger partial charge on any atom is 0.0780 e. The van der Waals surface area contributed by atoms with E-state index in [2.05, 4.69) is 35.5 Å². The lowest BCUT2D eigenvalue weighted by molar-refractivity contribution is 0.671. The van der Waals surface area contributed by atoms with Crippen molar-refractivity contribution in [1.29, 1.82) is 0 Å². The molecule has 0 bridgehead atoms.